The van der Waals surface area contributed by atoms with Crippen molar-refractivity contribution in [3.8, 4) is 0 Å². The molecule has 1 unspecified atom stereocenters. The molecule has 0 aromatic heterocycles. The molecule has 0 aliphatic carbocycles. The monoisotopic (exact) mass is 1080 g/mol. The molecule has 0 saturated carbocycles. The molecule has 1 atom stereocenters. The summed E-state index contributed by atoms with van der Waals surface area (Å²) in [6, 6.07) is 0. The van der Waals surface area contributed by atoms with Gasteiger partial charge in [-0.05, 0) is 135 Å². The fourth-order valence-corrected chi connectivity index (χ4v) is 8.80. The lowest BCUT2D eigenvalue weighted by molar-refractivity contribution is -0.167. The van der Waals surface area contributed by atoms with E-state index >= 15 is 0 Å². The molecule has 0 amide bonds. The van der Waals surface area contributed by atoms with Crippen molar-refractivity contribution in [2.45, 2.75) is 303 Å². The van der Waals surface area contributed by atoms with E-state index in [1.165, 1.54) is 122 Å². The highest BCUT2D eigenvalue weighted by Crippen LogP contribution is 2.15. The molecule has 0 N–H and O–H groups in total. The first-order valence-electron chi connectivity index (χ1n) is 32.5. The summed E-state index contributed by atoms with van der Waals surface area (Å²) in [6.45, 7) is 6.47. The van der Waals surface area contributed by atoms with Gasteiger partial charge in [-0.25, -0.2) is 0 Å². The second-order valence-corrected chi connectivity index (χ2v) is 21.3. The first-order valence-corrected chi connectivity index (χ1v) is 32.5. The SMILES string of the molecule is CC/C=C\C/C=C\C/C=C\C/C=C\C/C=C\CCCCCC(=O)OC(COC(=O)CCCCCCC/C=C\C/C=C\CCCCCC)COC(=O)CCCCCCCCCCCC/C=C\C/C=C\C/C=C\CCCCCCC. The van der Waals surface area contributed by atoms with Gasteiger partial charge < -0.3 is 14.2 Å². The van der Waals surface area contributed by atoms with Crippen LogP contribution in [0, 0.1) is 0 Å². The first-order chi connectivity index (χ1) is 38.5. The summed E-state index contributed by atoms with van der Waals surface area (Å²) in [5.74, 6) is -0.946. The van der Waals surface area contributed by atoms with E-state index in [0.717, 1.165) is 135 Å². The number of rotatable bonds is 58. The van der Waals surface area contributed by atoms with Crippen molar-refractivity contribution < 1.29 is 28.6 Å². The topological polar surface area (TPSA) is 78.9 Å². The van der Waals surface area contributed by atoms with Gasteiger partial charge in [0.05, 0.1) is 0 Å². The largest absolute Gasteiger partial charge is 0.462 e. The molecule has 0 aromatic carbocycles. The highest BCUT2D eigenvalue weighted by Gasteiger charge is 2.19. The van der Waals surface area contributed by atoms with Crippen LogP contribution in [0.5, 0.6) is 0 Å². The van der Waals surface area contributed by atoms with Crippen LogP contribution in [0.2, 0.25) is 0 Å². The summed E-state index contributed by atoms with van der Waals surface area (Å²) in [4.78, 5) is 38.3. The normalized spacial score (nSPS) is 12.9. The second-order valence-electron chi connectivity index (χ2n) is 21.3. The van der Waals surface area contributed by atoms with E-state index in [1.54, 1.807) is 0 Å². The maximum atomic E-state index is 12.9. The molecule has 0 heterocycles. The van der Waals surface area contributed by atoms with E-state index in [2.05, 4.69) is 142 Å². The number of hydrogen-bond acceptors (Lipinski definition) is 6. The van der Waals surface area contributed by atoms with Gasteiger partial charge in [-0.15, -0.1) is 0 Å². The number of ether oxygens (including phenoxy) is 3. The van der Waals surface area contributed by atoms with Crippen molar-refractivity contribution >= 4 is 17.9 Å². The summed E-state index contributed by atoms with van der Waals surface area (Å²) in [5, 5.41) is 0. The van der Waals surface area contributed by atoms with Crippen LogP contribution in [0.3, 0.4) is 0 Å². The van der Waals surface area contributed by atoms with Gasteiger partial charge in [-0.1, -0.05) is 264 Å². The van der Waals surface area contributed by atoms with Gasteiger partial charge in [0, 0.05) is 19.3 Å². The minimum atomic E-state index is -0.808. The predicted octanol–water partition coefficient (Wildman–Crippen LogP) is 22.4. The second kappa shape index (κ2) is 65.3. The number of carbonyl (C=O) groups is 3. The summed E-state index contributed by atoms with van der Waals surface area (Å²) >= 11 is 0. The molecule has 0 bridgehead atoms. The zero-order chi connectivity index (χ0) is 56.4. The Labute approximate surface area is 482 Å². The van der Waals surface area contributed by atoms with Gasteiger partial charge in [-0.3, -0.25) is 14.4 Å². The van der Waals surface area contributed by atoms with E-state index in [0.29, 0.717) is 12.8 Å². The molecule has 6 nitrogen and oxygen atoms in total. The number of esters is 3. The zero-order valence-electron chi connectivity index (χ0n) is 50.9. The molecule has 0 aromatic rings. The fourth-order valence-electron chi connectivity index (χ4n) is 8.80. The van der Waals surface area contributed by atoms with Gasteiger partial charge in [0.1, 0.15) is 13.2 Å². The van der Waals surface area contributed by atoms with Crippen molar-refractivity contribution in [2.75, 3.05) is 13.2 Å². The van der Waals surface area contributed by atoms with E-state index in [1.807, 2.05) is 0 Å². The van der Waals surface area contributed by atoms with Crippen molar-refractivity contribution in [1.82, 2.24) is 0 Å². The molecule has 0 aliphatic rings. The summed E-state index contributed by atoms with van der Waals surface area (Å²) < 4.78 is 16.9. The van der Waals surface area contributed by atoms with Crippen LogP contribution in [0.25, 0.3) is 0 Å². The lowest BCUT2D eigenvalue weighted by Gasteiger charge is -2.18. The number of unbranched alkanes of at least 4 members (excludes halogenated alkanes) is 27. The standard InChI is InChI=1S/C72H120O6/c1-4-7-10-13-16-19-22-25-28-31-33-34-35-36-37-38-40-41-44-47-50-53-56-59-62-65-71(74)77-68-69(67-76-70(73)64-61-58-55-52-49-46-43-30-27-24-21-18-15-12-9-6-3)78-72(75)66-63-60-57-54-51-48-45-42-39-32-29-26-23-20-17-14-11-8-5-2/h8,11,17,20-22,24-26,29-31,33,35-36,39,42-43,48,51,69H,4-7,9-10,12-16,18-19,23,27-28,32,34,37-38,40-41,44-47,49-50,52-68H2,1-3H3/b11-8-,20-17-,24-21-,25-22-,29-26-,33-31-,36-35-,42-39-,43-30-,51-48-. The third-order valence-electron chi connectivity index (χ3n) is 13.7. The number of allylic oxidation sites excluding steroid dienone is 20. The first kappa shape index (κ1) is 73.8. The van der Waals surface area contributed by atoms with Crippen molar-refractivity contribution in [2.24, 2.45) is 0 Å². The van der Waals surface area contributed by atoms with Crippen LogP contribution in [-0.2, 0) is 28.6 Å². The molecule has 6 heteroatoms. The van der Waals surface area contributed by atoms with Gasteiger partial charge in [0.2, 0.25) is 0 Å². The third kappa shape index (κ3) is 62.7. The van der Waals surface area contributed by atoms with Gasteiger partial charge in [0.15, 0.2) is 6.10 Å². The Kier molecular flexibility index (Phi) is 61.8. The Morgan fingerprint density at radius 2 is 0.500 bits per heavy atom. The van der Waals surface area contributed by atoms with Crippen LogP contribution < -0.4 is 0 Å². The van der Waals surface area contributed by atoms with E-state index in [9.17, 15) is 14.4 Å². The zero-order valence-corrected chi connectivity index (χ0v) is 50.9. The highest BCUT2D eigenvalue weighted by atomic mass is 16.6. The van der Waals surface area contributed by atoms with E-state index in [4.69, 9.17) is 14.2 Å². The highest BCUT2D eigenvalue weighted by molar-refractivity contribution is 5.71. The molecular formula is C72H120O6. The molecule has 78 heavy (non-hydrogen) atoms. The average Bonchev–Trinajstić information content (AvgIpc) is 3.44. The maximum Gasteiger partial charge on any atom is 0.306 e. The quantitative estimate of drug-likeness (QED) is 0.0261. The Morgan fingerprint density at radius 1 is 0.269 bits per heavy atom. The minimum absolute atomic E-state index is 0.100. The summed E-state index contributed by atoms with van der Waals surface area (Å²) in [7, 11) is 0. The lowest BCUT2D eigenvalue weighted by atomic mass is 10.1. The predicted molar refractivity (Wildman–Crippen MR) is 339 cm³/mol. The summed E-state index contributed by atoms with van der Waals surface area (Å²) in [6.07, 6.45) is 90.6. The maximum absolute atomic E-state index is 12.9. The Hall–Kier alpha value is -4.19. The van der Waals surface area contributed by atoms with Crippen LogP contribution in [0.4, 0.5) is 0 Å². The van der Waals surface area contributed by atoms with Gasteiger partial charge in [0.25, 0.3) is 0 Å². The number of hydrogen-bond donors (Lipinski definition) is 0. The Balaban J connectivity index is 4.44. The Morgan fingerprint density at radius 3 is 0.808 bits per heavy atom. The molecule has 0 radical (unpaired) electrons. The average molecular weight is 1080 g/mol. The van der Waals surface area contributed by atoms with E-state index < -0.39 is 6.10 Å². The fraction of sp³-hybridized carbons (Fsp3) is 0.681. The molecule has 0 fully saturated rings. The molecule has 444 valence electrons. The van der Waals surface area contributed by atoms with Crippen LogP contribution in [0.1, 0.15) is 297 Å². The molecule has 0 rings (SSSR count). The molecule has 0 aliphatic heterocycles. The summed E-state index contributed by atoms with van der Waals surface area (Å²) in [5.41, 5.74) is 0. The molecule has 0 spiro atoms. The van der Waals surface area contributed by atoms with Crippen LogP contribution >= 0.6 is 0 Å². The van der Waals surface area contributed by atoms with Crippen LogP contribution in [-0.4, -0.2) is 37.2 Å². The van der Waals surface area contributed by atoms with Crippen LogP contribution in [0.15, 0.2) is 122 Å². The molecular weight excluding hydrogens is 961 g/mol. The van der Waals surface area contributed by atoms with Crippen molar-refractivity contribution in [3.05, 3.63) is 122 Å². The molecule has 0 saturated heterocycles. The van der Waals surface area contributed by atoms with Gasteiger partial charge >= 0.3 is 17.9 Å². The Bertz CT molecular complexity index is 1620. The van der Waals surface area contributed by atoms with Gasteiger partial charge in [-0.2, -0.15) is 0 Å². The van der Waals surface area contributed by atoms with E-state index in [-0.39, 0.29) is 37.5 Å². The smallest absolute Gasteiger partial charge is 0.306 e. The number of carbonyl (C=O) groups excluding carboxylic acids is 3. The van der Waals surface area contributed by atoms with Crippen molar-refractivity contribution in [3.63, 3.8) is 0 Å². The third-order valence-corrected chi connectivity index (χ3v) is 13.7. The minimum Gasteiger partial charge on any atom is -0.462 e. The lowest BCUT2D eigenvalue weighted by Crippen LogP contribution is -2.30. The van der Waals surface area contributed by atoms with Crippen molar-refractivity contribution in [1.29, 1.82) is 0 Å².